The molecule has 3 aromatic heterocycles. The molecule has 0 bridgehead atoms. The van der Waals surface area contributed by atoms with Crippen molar-refractivity contribution in [2.24, 2.45) is 0 Å². The number of amides is 1. The van der Waals surface area contributed by atoms with Crippen LogP contribution in [0, 0.1) is 6.92 Å². The van der Waals surface area contributed by atoms with Crippen molar-refractivity contribution in [2.45, 2.75) is 12.1 Å². The minimum absolute atomic E-state index is 0.0906. The van der Waals surface area contributed by atoms with E-state index in [2.05, 4.69) is 15.5 Å². The molecular formula is C24H21N7O2S. The summed E-state index contributed by atoms with van der Waals surface area (Å²) in [6.07, 6.45) is 1.53. The summed E-state index contributed by atoms with van der Waals surface area (Å²) in [4.78, 5) is 12.8. The van der Waals surface area contributed by atoms with E-state index in [9.17, 15) is 4.79 Å². The van der Waals surface area contributed by atoms with Gasteiger partial charge in [-0.05, 0) is 31.2 Å². The molecule has 0 aliphatic heterocycles. The van der Waals surface area contributed by atoms with Crippen molar-refractivity contribution in [3.8, 4) is 28.5 Å². The summed E-state index contributed by atoms with van der Waals surface area (Å²) in [6, 6.07) is 23.1. The summed E-state index contributed by atoms with van der Waals surface area (Å²) in [5.41, 5.74) is 3.73. The van der Waals surface area contributed by atoms with E-state index >= 15 is 0 Å². The summed E-state index contributed by atoms with van der Waals surface area (Å²) in [5, 5.41) is 16.2. The van der Waals surface area contributed by atoms with Crippen molar-refractivity contribution >= 4 is 23.5 Å². The van der Waals surface area contributed by atoms with E-state index in [1.165, 1.54) is 28.3 Å². The molecule has 170 valence electrons. The fourth-order valence-corrected chi connectivity index (χ4v) is 4.02. The predicted molar refractivity (Wildman–Crippen MR) is 131 cm³/mol. The highest BCUT2D eigenvalue weighted by Gasteiger charge is 2.17. The summed E-state index contributed by atoms with van der Waals surface area (Å²) in [7, 11) is 0. The average molecular weight is 472 g/mol. The van der Waals surface area contributed by atoms with Crippen LogP contribution in [0.3, 0.4) is 0 Å². The molecule has 0 saturated heterocycles. The number of nitrogen functional groups attached to an aromatic ring is 1. The van der Waals surface area contributed by atoms with Crippen LogP contribution < -0.4 is 11.2 Å². The molecule has 0 unspecified atom stereocenters. The van der Waals surface area contributed by atoms with Crippen LogP contribution in [0.2, 0.25) is 0 Å². The highest BCUT2D eigenvalue weighted by Crippen LogP contribution is 2.26. The maximum absolute atomic E-state index is 12.8. The standard InChI is InChI=1S/C24H21N7O2S/c1-16-9-11-17(12-10-16)19-14-21(31(29-19)18-6-3-2-4-7-18)26-22(32)15-34-24-28-27-23(30(24)25)20-8-5-13-33-20/h2-14H,15,25H2,1H3,(H,26,32). The smallest absolute Gasteiger partial charge is 0.236 e. The van der Waals surface area contributed by atoms with Crippen LogP contribution in [0.4, 0.5) is 5.82 Å². The van der Waals surface area contributed by atoms with Gasteiger partial charge in [0.2, 0.25) is 16.9 Å². The largest absolute Gasteiger partial charge is 0.461 e. The number of nitrogens with one attached hydrogen (secondary N) is 1. The molecular weight excluding hydrogens is 450 g/mol. The van der Waals surface area contributed by atoms with E-state index in [1.807, 2.05) is 67.6 Å². The van der Waals surface area contributed by atoms with Crippen LogP contribution in [0.25, 0.3) is 28.5 Å². The van der Waals surface area contributed by atoms with Crippen LogP contribution >= 0.6 is 11.8 Å². The number of furan rings is 1. The zero-order valence-electron chi connectivity index (χ0n) is 18.3. The molecule has 0 aliphatic carbocycles. The molecule has 9 nitrogen and oxygen atoms in total. The lowest BCUT2D eigenvalue weighted by Gasteiger charge is -2.08. The Hall–Kier alpha value is -4.31. The summed E-state index contributed by atoms with van der Waals surface area (Å²) >= 11 is 1.18. The molecule has 0 saturated carbocycles. The highest BCUT2D eigenvalue weighted by atomic mass is 32.2. The van der Waals surface area contributed by atoms with Gasteiger partial charge in [-0.1, -0.05) is 59.8 Å². The Kier molecular flexibility index (Phi) is 5.88. The van der Waals surface area contributed by atoms with Crippen LogP contribution in [0.1, 0.15) is 5.56 Å². The second kappa shape index (κ2) is 9.28. The van der Waals surface area contributed by atoms with Crippen molar-refractivity contribution in [1.29, 1.82) is 0 Å². The van der Waals surface area contributed by atoms with Gasteiger partial charge in [-0.25, -0.2) is 9.36 Å². The SMILES string of the molecule is Cc1ccc(-c2cc(NC(=O)CSc3nnc(-c4ccco4)n3N)n(-c3ccccc3)n2)cc1. The number of hydrogen-bond donors (Lipinski definition) is 2. The lowest BCUT2D eigenvalue weighted by Crippen LogP contribution is -2.18. The van der Waals surface area contributed by atoms with Crippen LogP contribution in [-0.4, -0.2) is 36.3 Å². The number of hydrogen-bond acceptors (Lipinski definition) is 7. The number of carbonyl (C=O) groups is 1. The summed E-state index contributed by atoms with van der Waals surface area (Å²) in [6.45, 7) is 2.04. The second-order valence-electron chi connectivity index (χ2n) is 7.52. The Labute approximate surface area is 199 Å². The maximum Gasteiger partial charge on any atom is 0.236 e. The number of carbonyl (C=O) groups excluding carboxylic acids is 1. The zero-order valence-corrected chi connectivity index (χ0v) is 19.1. The van der Waals surface area contributed by atoms with Crippen molar-refractivity contribution in [3.63, 3.8) is 0 Å². The van der Waals surface area contributed by atoms with E-state index in [1.54, 1.807) is 16.8 Å². The number of aromatic nitrogens is 5. The van der Waals surface area contributed by atoms with E-state index in [-0.39, 0.29) is 11.7 Å². The molecule has 0 radical (unpaired) electrons. The molecule has 0 aliphatic rings. The first-order chi connectivity index (χ1) is 16.6. The fraction of sp³-hybridized carbons (Fsp3) is 0.0833. The van der Waals surface area contributed by atoms with Gasteiger partial charge in [-0.2, -0.15) is 5.10 Å². The molecule has 1 amide bonds. The van der Waals surface area contributed by atoms with Crippen molar-refractivity contribution in [2.75, 3.05) is 16.9 Å². The molecule has 0 fully saturated rings. The minimum atomic E-state index is -0.222. The number of nitrogens with two attached hydrogens (primary N) is 1. The van der Waals surface area contributed by atoms with Gasteiger partial charge in [0.05, 0.1) is 23.4 Å². The minimum Gasteiger partial charge on any atom is -0.461 e. The van der Waals surface area contributed by atoms with E-state index in [4.69, 9.17) is 15.4 Å². The quantitative estimate of drug-likeness (QED) is 0.271. The number of nitrogens with zero attached hydrogens (tertiary/aromatic N) is 5. The van der Waals surface area contributed by atoms with Gasteiger partial charge < -0.3 is 15.6 Å². The first-order valence-electron chi connectivity index (χ1n) is 10.5. The molecule has 10 heteroatoms. The van der Waals surface area contributed by atoms with Crippen molar-refractivity contribution in [1.82, 2.24) is 24.7 Å². The highest BCUT2D eigenvalue weighted by molar-refractivity contribution is 7.99. The monoisotopic (exact) mass is 471 g/mol. The Balaban J connectivity index is 1.35. The third kappa shape index (κ3) is 4.44. The van der Waals surface area contributed by atoms with E-state index in [0.717, 1.165) is 16.9 Å². The van der Waals surface area contributed by atoms with Gasteiger partial charge in [0.1, 0.15) is 5.82 Å². The first-order valence-corrected chi connectivity index (χ1v) is 11.5. The molecule has 0 atom stereocenters. The number of rotatable bonds is 7. The van der Waals surface area contributed by atoms with Gasteiger partial charge >= 0.3 is 0 Å². The third-order valence-electron chi connectivity index (χ3n) is 5.06. The van der Waals surface area contributed by atoms with Gasteiger partial charge in [0.25, 0.3) is 0 Å². The van der Waals surface area contributed by atoms with Gasteiger partial charge in [0, 0.05) is 11.6 Å². The first kappa shape index (κ1) is 21.5. The number of thioether (sulfide) groups is 1. The van der Waals surface area contributed by atoms with Crippen molar-refractivity contribution in [3.05, 3.63) is 84.6 Å². The average Bonchev–Trinajstić information content (AvgIpc) is 3.59. The molecule has 5 aromatic rings. The Morgan fingerprint density at radius 3 is 2.59 bits per heavy atom. The number of para-hydroxylation sites is 1. The number of benzene rings is 2. The number of aryl methyl sites for hydroxylation is 1. The van der Waals surface area contributed by atoms with Crippen LogP contribution in [0.15, 0.2) is 88.6 Å². The fourth-order valence-electron chi connectivity index (χ4n) is 3.36. The summed E-state index contributed by atoms with van der Waals surface area (Å²) in [5.74, 6) is 7.40. The normalized spacial score (nSPS) is 11.0. The van der Waals surface area contributed by atoms with E-state index < -0.39 is 0 Å². The second-order valence-corrected chi connectivity index (χ2v) is 8.46. The lowest BCUT2D eigenvalue weighted by molar-refractivity contribution is -0.113. The zero-order chi connectivity index (χ0) is 23.5. The molecule has 0 spiro atoms. The summed E-state index contributed by atoms with van der Waals surface area (Å²) < 4.78 is 8.34. The van der Waals surface area contributed by atoms with Gasteiger partial charge in [0.15, 0.2) is 5.76 Å². The molecule has 5 rings (SSSR count). The molecule has 2 aromatic carbocycles. The Bertz CT molecular complexity index is 1410. The third-order valence-corrected chi connectivity index (χ3v) is 6.01. The maximum atomic E-state index is 12.8. The molecule has 34 heavy (non-hydrogen) atoms. The van der Waals surface area contributed by atoms with E-state index in [0.29, 0.717) is 22.6 Å². The Morgan fingerprint density at radius 2 is 1.85 bits per heavy atom. The number of anilines is 1. The molecule has 3 heterocycles. The van der Waals surface area contributed by atoms with Crippen molar-refractivity contribution < 1.29 is 9.21 Å². The van der Waals surface area contributed by atoms with Crippen LogP contribution in [-0.2, 0) is 4.79 Å². The lowest BCUT2D eigenvalue weighted by atomic mass is 10.1. The van der Waals surface area contributed by atoms with Gasteiger partial charge in [-0.15, -0.1) is 10.2 Å². The Morgan fingerprint density at radius 1 is 1.06 bits per heavy atom. The topological polar surface area (TPSA) is 117 Å². The predicted octanol–water partition coefficient (Wildman–Crippen LogP) is 4.14. The molecule has 3 N–H and O–H groups in total. The van der Waals surface area contributed by atoms with Crippen LogP contribution in [0.5, 0.6) is 0 Å². The van der Waals surface area contributed by atoms with Gasteiger partial charge in [-0.3, -0.25) is 4.79 Å².